The van der Waals surface area contributed by atoms with Crippen molar-refractivity contribution >= 4 is 5.97 Å². The summed E-state index contributed by atoms with van der Waals surface area (Å²) in [5, 5.41) is 0. The highest BCUT2D eigenvalue weighted by molar-refractivity contribution is 5.73. The average Bonchev–Trinajstić information content (AvgIpc) is 2.45. The normalized spacial score (nSPS) is 19.5. The van der Waals surface area contributed by atoms with Gasteiger partial charge in [0, 0.05) is 35.5 Å². The van der Waals surface area contributed by atoms with Crippen LogP contribution in [0.25, 0.3) is 0 Å². The van der Waals surface area contributed by atoms with Crippen LogP contribution in [0, 0.1) is 0 Å². The molecule has 20 heavy (non-hydrogen) atoms. The summed E-state index contributed by atoms with van der Waals surface area (Å²) in [7, 11) is 8.29. The lowest BCUT2D eigenvalue weighted by molar-refractivity contribution is -0.400. The van der Waals surface area contributed by atoms with Crippen molar-refractivity contribution in [1.82, 2.24) is 0 Å². The van der Waals surface area contributed by atoms with Crippen molar-refractivity contribution in [1.29, 1.82) is 0 Å². The van der Waals surface area contributed by atoms with Crippen molar-refractivity contribution < 1.29 is 38.0 Å². The third kappa shape index (κ3) is 2.09. The minimum absolute atomic E-state index is 0.0238. The molecule has 8 heteroatoms. The molecule has 0 heterocycles. The van der Waals surface area contributed by atoms with E-state index < -0.39 is 17.5 Å². The molecule has 1 aliphatic carbocycles. The lowest BCUT2D eigenvalue weighted by Gasteiger charge is -2.52. The lowest BCUT2D eigenvalue weighted by Crippen LogP contribution is -2.70. The Balaban J connectivity index is 3.24. The van der Waals surface area contributed by atoms with E-state index in [-0.39, 0.29) is 18.1 Å². The Hall–Kier alpha value is -1.19. The standard InChI is InChI=1S/C12H20O8/c1-14-7-8(13)20-10-9(15-2)11(16-3,17-4)12(10,18-5)19-6/h7H2,1-6H3. The van der Waals surface area contributed by atoms with Gasteiger partial charge in [0.15, 0.2) is 0 Å². The molecule has 0 N–H and O–H groups in total. The minimum Gasteiger partial charge on any atom is -0.492 e. The van der Waals surface area contributed by atoms with Gasteiger partial charge in [0.2, 0.25) is 11.5 Å². The molecule has 8 nitrogen and oxygen atoms in total. The first kappa shape index (κ1) is 16.9. The number of carbonyl (C=O) groups is 1. The molecule has 116 valence electrons. The Labute approximate surface area is 117 Å². The van der Waals surface area contributed by atoms with E-state index in [1.54, 1.807) is 0 Å². The van der Waals surface area contributed by atoms with E-state index in [9.17, 15) is 4.79 Å². The Morgan fingerprint density at radius 2 is 1.30 bits per heavy atom. The molecule has 0 unspecified atom stereocenters. The number of hydrogen-bond acceptors (Lipinski definition) is 8. The molecule has 1 aliphatic rings. The fraction of sp³-hybridized carbons (Fsp3) is 0.750. The molecule has 0 saturated carbocycles. The molecule has 0 saturated heterocycles. The highest BCUT2D eigenvalue weighted by atomic mass is 16.8. The van der Waals surface area contributed by atoms with Gasteiger partial charge in [-0.15, -0.1) is 0 Å². The van der Waals surface area contributed by atoms with E-state index in [2.05, 4.69) is 0 Å². The largest absolute Gasteiger partial charge is 0.492 e. The molecule has 0 atom stereocenters. The first-order valence-corrected chi connectivity index (χ1v) is 5.72. The van der Waals surface area contributed by atoms with Gasteiger partial charge in [-0.2, -0.15) is 0 Å². The van der Waals surface area contributed by atoms with Gasteiger partial charge in [-0.25, -0.2) is 4.79 Å². The average molecular weight is 292 g/mol. The molecule has 0 fully saturated rings. The zero-order chi connectivity index (χ0) is 15.4. The van der Waals surface area contributed by atoms with Gasteiger partial charge in [0.1, 0.15) is 6.61 Å². The summed E-state index contributed by atoms with van der Waals surface area (Å²) in [6.07, 6.45) is 0. The predicted octanol–water partition coefficient (Wildman–Crippen LogP) is 0.0258. The lowest BCUT2D eigenvalue weighted by atomic mass is 9.87. The molecular formula is C12H20O8. The van der Waals surface area contributed by atoms with E-state index >= 15 is 0 Å². The number of carbonyl (C=O) groups excluding carboxylic acids is 1. The smallest absolute Gasteiger partial charge is 0.337 e. The SMILES string of the molecule is COCC(=O)OC1=C(OC)C(OC)(OC)C1(OC)OC. The van der Waals surface area contributed by atoms with Gasteiger partial charge in [0.05, 0.1) is 7.11 Å². The van der Waals surface area contributed by atoms with Gasteiger partial charge >= 0.3 is 5.97 Å². The Morgan fingerprint density at radius 3 is 1.65 bits per heavy atom. The number of ether oxygens (including phenoxy) is 7. The van der Waals surface area contributed by atoms with Gasteiger partial charge in [-0.3, -0.25) is 0 Å². The fourth-order valence-corrected chi connectivity index (χ4v) is 2.21. The maximum atomic E-state index is 11.6. The quantitative estimate of drug-likeness (QED) is 0.457. The zero-order valence-corrected chi connectivity index (χ0v) is 12.5. The van der Waals surface area contributed by atoms with Gasteiger partial charge in [-0.05, 0) is 0 Å². The van der Waals surface area contributed by atoms with Crippen LogP contribution < -0.4 is 0 Å². The van der Waals surface area contributed by atoms with E-state index in [4.69, 9.17) is 33.2 Å². The second-order valence-electron chi connectivity index (χ2n) is 3.82. The van der Waals surface area contributed by atoms with Gasteiger partial charge in [-0.1, -0.05) is 0 Å². The highest BCUT2D eigenvalue weighted by Crippen LogP contribution is 2.53. The summed E-state index contributed by atoms with van der Waals surface area (Å²) < 4.78 is 36.3. The molecular weight excluding hydrogens is 272 g/mol. The van der Waals surface area contributed by atoms with Crippen LogP contribution in [0.1, 0.15) is 0 Å². The van der Waals surface area contributed by atoms with Crippen LogP contribution in [0.2, 0.25) is 0 Å². The molecule has 1 rings (SSSR count). The van der Waals surface area contributed by atoms with Crippen molar-refractivity contribution in [2.45, 2.75) is 11.6 Å². The fourth-order valence-electron chi connectivity index (χ4n) is 2.21. The first-order valence-electron chi connectivity index (χ1n) is 5.72. The molecule has 0 aromatic rings. The molecule has 0 aliphatic heterocycles. The van der Waals surface area contributed by atoms with E-state index in [1.807, 2.05) is 0 Å². The van der Waals surface area contributed by atoms with Crippen molar-refractivity contribution in [3.05, 3.63) is 11.5 Å². The van der Waals surface area contributed by atoms with Crippen LogP contribution in [-0.2, 0) is 38.0 Å². The molecule has 0 amide bonds. The van der Waals surface area contributed by atoms with E-state index in [1.165, 1.54) is 42.7 Å². The summed E-state index contributed by atoms with van der Waals surface area (Å²) >= 11 is 0. The van der Waals surface area contributed by atoms with E-state index in [0.717, 1.165) is 0 Å². The molecule has 0 aromatic carbocycles. The van der Waals surface area contributed by atoms with Crippen LogP contribution >= 0.6 is 0 Å². The van der Waals surface area contributed by atoms with E-state index in [0.29, 0.717) is 0 Å². The highest BCUT2D eigenvalue weighted by Gasteiger charge is 2.74. The Bertz CT molecular complexity index is 381. The minimum atomic E-state index is -1.55. The summed E-state index contributed by atoms with van der Waals surface area (Å²) in [5.74, 6) is -3.47. The summed E-state index contributed by atoms with van der Waals surface area (Å²) in [6, 6.07) is 0. The summed E-state index contributed by atoms with van der Waals surface area (Å²) in [6.45, 7) is -0.225. The van der Waals surface area contributed by atoms with Crippen LogP contribution in [0.4, 0.5) is 0 Å². The van der Waals surface area contributed by atoms with Crippen LogP contribution in [0.15, 0.2) is 11.5 Å². The number of methoxy groups -OCH3 is 6. The van der Waals surface area contributed by atoms with Crippen molar-refractivity contribution in [2.75, 3.05) is 49.3 Å². The second kappa shape index (κ2) is 6.51. The van der Waals surface area contributed by atoms with Gasteiger partial charge in [0.25, 0.3) is 11.6 Å². The van der Waals surface area contributed by atoms with Crippen LogP contribution in [0.3, 0.4) is 0 Å². The van der Waals surface area contributed by atoms with Crippen molar-refractivity contribution in [3.8, 4) is 0 Å². The van der Waals surface area contributed by atoms with Crippen molar-refractivity contribution in [2.24, 2.45) is 0 Å². The maximum Gasteiger partial charge on any atom is 0.337 e. The third-order valence-electron chi connectivity index (χ3n) is 3.07. The third-order valence-corrected chi connectivity index (χ3v) is 3.07. The molecule has 0 bridgehead atoms. The molecule has 0 aromatic heterocycles. The van der Waals surface area contributed by atoms with Crippen LogP contribution in [0.5, 0.6) is 0 Å². The zero-order valence-electron chi connectivity index (χ0n) is 12.5. The number of esters is 1. The number of hydrogen-bond donors (Lipinski definition) is 0. The predicted molar refractivity (Wildman–Crippen MR) is 65.5 cm³/mol. The molecule has 0 radical (unpaired) electrons. The van der Waals surface area contributed by atoms with Gasteiger partial charge < -0.3 is 33.2 Å². The summed E-state index contributed by atoms with van der Waals surface area (Å²) in [4.78, 5) is 11.6. The Kier molecular flexibility index (Phi) is 5.49. The summed E-state index contributed by atoms with van der Waals surface area (Å²) in [5.41, 5.74) is 0. The number of rotatable bonds is 8. The topological polar surface area (TPSA) is 81.7 Å². The molecule has 0 spiro atoms. The van der Waals surface area contributed by atoms with Crippen LogP contribution in [-0.4, -0.2) is 66.8 Å². The van der Waals surface area contributed by atoms with Crippen molar-refractivity contribution in [3.63, 3.8) is 0 Å². The first-order chi connectivity index (χ1) is 9.53. The Morgan fingerprint density at radius 1 is 0.850 bits per heavy atom. The second-order valence-corrected chi connectivity index (χ2v) is 3.82. The maximum absolute atomic E-state index is 11.6. The monoisotopic (exact) mass is 292 g/mol.